The quantitative estimate of drug-likeness (QED) is 0.645. The van der Waals surface area contributed by atoms with Gasteiger partial charge in [0.25, 0.3) is 0 Å². The Hall–Kier alpha value is -0.260. The molecule has 1 rings (SSSR count). The van der Waals surface area contributed by atoms with E-state index in [0.29, 0.717) is 13.2 Å². The molecule has 0 unspecified atom stereocenters. The maximum Gasteiger partial charge on any atom is 0.313 e. The monoisotopic (exact) mass is 192 g/mol. The fourth-order valence-electron chi connectivity index (χ4n) is 0.913. The molecule has 12 heavy (non-hydrogen) atoms. The Kier molecular flexibility index (Phi) is 4.42. The number of hydrogen-bond donors (Lipinski definition) is 1. The molecule has 1 heterocycles. The van der Waals surface area contributed by atoms with Gasteiger partial charge < -0.3 is 14.6 Å². The van der Waals surface area contributed by atoms with Crippen LogP contribution in [0.25, 0.3) is 0 Å². The van der Waals surface area contributed by atoms with Gasteiger partial charge in [-0.2, -0.15) is 0 Å². The summed E-state index contributed by atoms with van der Waals surface area (Å²) in [6.07, 6.45) is 0.670. The van der Waals surface area contributed by atoms with Crippen LogP contribution in [0.15, 0.2) is 0 Å². The van der Waals surface area contributed by atoms with Gasteiger partial charge in [-0.15, -0.1) is 11.8 Å². The van der Waals surface area contributed by atoms with Gasteiger partial charge >= 0.3 is 5.97 Å². The predicted molar refractivity (Wildman–Crippen MR) is 45.3 cm³/mol. The molecule has 70 valence electrons. The Morgan fingerprint density at radius 2 is 2.17 bits per heavy atom. The van der Waals surface area contributed by atoms with Crippen LogP contribution in [0.5, 0.6) is 0 Å². The maximum atomic E-state index is 10.1. The van der Waals surface area contributed by atoms with Crippen molar-refractivity contribution >= 4 is 17.7 Å². The molecule has 1 saturated heterocycles. The zero-order valence-electron chi connectivity index (χ0n) is 6.69. The first-order chi connectivity index (χ1) is 5.79. The molecule has 0 bridgehead atoms. The minimum absolute atomic E-state index is 0.105. The summed E-state index contributed by atoms with van der Waals surface area (Å²) in [6.45, 7) is 1.32. The second kappa shape index (κ2) is 5.40. The van der Waals surface area contributed by atoms with E-state index in [9.17, 15) is 4.79 Å². The minimum Gasteiger partial charge on any atom is -0.481 e. The number of carbonyl (C=O) groups is 1. The number of carboxylic acid groups (broad SMARTS) is 1. The lowest BCUT2D eigenvalue weighted by atomic mass is 10.5. The zero-order chi connectivity index (χ0) is 8.81. The smallest absolute Gasteiger partial charge is 0.313 e. The molecule has 0 amide bonds. The van der Waals surface area contributed by atoms with Gasteiger partial charge in [-0.25, -0.2) is 0 Å². The van der Waals surface area contributed by atoms with Crippen molar-refractivity contribution in [1.29, 1.82) is 0 Å². The first-order valence-electron chi connectivity index (χ1n) is 3.82. The average molecular weight is 192 g/mol. The Balaban J connectivity index is 1.91. The van der Waals surface area contributed by atoms with Gasteiger partial charge in [-0.3, -0.25) is 4.79 Å². The van der Waals surface area contributed by atoms with Gasteiger partial charge in [0.1, 0.15) is 0 Å². The van der Waals surface area contributed by atoms with Crippen LogP contribution in [0.3, 0.4) is 0 Å². The van der Waals surface area contributed by atoms with Crippen molar-refractivity contribution in [3.8, 4) is 0 Å². The van der Waals surface area contributed by atoms with E-state index in [-0.39, 0.29) is 12.0 Å². The van der Waals surface area contributed by atoms with Crippen LogP contribution in [0.1, 0.15) is 6.42 Å². The number of hydrogen-bond acceptors (Lipinski definition) is 4. The molecule has 5 heteroatoms. The zero-order valence-corrected chi connectivity index (χ0v) is 7.51. The molecule has 0 spiro atoms. The molecule has 4 nitrogen and oxygen atoms in total. The van der Waals surface area contributed by atoms with Crippen molar-refractivity contribution in [3.05, 3.63) is 0 Å². The SMILES string of the molecule is O=C(O)CSCCC1OCCO1. The number of rotatable bonds is 5. The fourth-order valence-corrected chi connectivity index (χ4v) is 1.59. The molecule has 0 radical (unpaired) electrons. The van der Waals surface area contributed by atoms with Crippen LogP contribution in [0, 0.1) is 0 Å². The van der Waals surface area contributed by atoms with Crippen molar-refractivity contribution in [2.75, 3.05) is 24.7 Å². The third-order valence-corrected chi connectivity index (χ3v) is 2.39. The van der Waals surface area contributed by atoms with Crippen LogP contribution in [-0.4, -0.2) is 42.1 Å². The third kappa shape index (κ3) is 3.94. The number of thioether (sulfide) groups is 1. The van der Waals surface area contributed by atoms with Crippen LogP contribution >= 0.6 is 11.8 Å². The highest BCUT2D eigenvalue weighted by Crippen LogP contribution is 2.11. The molecule has 1 N–H and O–H groups in total. The highest BCUT2D eigenvalue weighted by atomic mass is 32.2. The molecule has 0 aromatic rings. The summed E-state index contributed by atoms with van der Waals surface area (Å²) in [5.41, 5.74) is 0. The number of carboxylic acids is 1. The van der Waals surface area contributed by atoms with Crippen molar-refractivity contribution in [3.63, 3.8) is 0 Å². The lowest BCUT2D eigenvalue weighted by Gasteiger charge is -2.06. The van der Waals surface area contributed by atoms with Gasteiger partial charge in [-0.1, -0.05) is 0 Å². The fraction of sp³-hybridized carbons (Fsp3) is 0.857. The summed E-state index contributed by atoms with van der Waals surface area (Å²) in [7, 11) is 0. The van der Waals surface area contributed by atoms with Gasteiger partial charge in [0, 0.05) is 6.42 Å². The van der Waals surface area contributed by atoms with Crippen LogP contribution in [0.4, 0.5) is 0 Å². The summed E-state index contributed by atoms with van der Waals surface area (Å²) < 4.78 is 10.4. The second-order valence-corrected chi connectivity index (χ2v) is 3.51. The van der Waals surface area contributed by atoms with E-state index in [1.54, 1.807) is 0 Å². The van der Waals surface area contributed by atoms with E-state index in [4.69, 9.17) is 14.6 Å². The summed E-state index contributed by atoms with van der Waals surface area (Å²) in [5.74, 6) is 0.164. The Bertz CT molecular complexity index is 144. The van der Waals surface area contributed by atoms with Crippen molar-refractivity contribution in [1.82, 2.24) is 0 Å². The Morgan fingerprint density at radius 3 is 2.75 bits per heavy atom. The number of aliphatic carboxylic acids is 1. The molecular formula is C7H12O4S. The Morgan fingerprint density at radius 1 is 1.50 bits per heavy atom. The molecule has 0 atom stereocenters. The molecule has 1 fully saturated rings. The lowest BCUT2D eigenvalue weighted by Crippen LogP contribution is -2.09. The van der Waals surface area contributed by atoms with Gasteiger partial charge in [0.05, 0.1) is 19.0 Å². The van der Waals surface area contributed by atoms with Crippen LogP contribution in [0.2, 0.25) is 0 Å². The van der Waals surface area contributed by atoms with Crippen molar-refractivity contribution in [2.24, 2.45) is 0 Å². The van der Waals surface area contributed by atoms with Gasteiger partial charge in [0.2, 0.25) is 0 Å². The van der Waals surface area contributed by atoms with E-state index < -0.39 is 5.97 Å². The molecule has 1 aliphatic heterocycles. The first-order valence-corrected chi connectivity index (χ1v) is 4.97. The summed E-state index contributed by atoms with van der Waals surface area (Å²) in [5, 5.41) is 8.32. The average Bonchev–Trinajstić information content (AvgIpc) is 2.49. The molecule has 0 saturated carbocycles. The standard InChI is InChI=1S/C7H12O4S/c8-6(9)5-12-4-1-7-10-2-3-11-7/h7H,1-5H2,(H,8,9). The second-order valence-electron chi connectivity index (χ2n) is 2.41. The van der Waals surface area contributed by atoms with Gasteiger partial charge in [0.15, 0.2) is 6.29 Å². The predicted octanol–water partition coefficient (Wildman–Crippen LogP) is 0.567. The summed E-state index contributed by atoms with van der Waals surface area (Å²) in [4.78, 5) is 10.1. The van der Waals surface area contributed by atoms with E-state index in [0.717, 1.165) is 12.2 Å². The highest BCUT2D eigenvalue weighted by molar-refractivity contribution is 7.99. The van der Waals surface area contributed by atoms with Crippen LogP contribution < -0.4 is 0 Å². The van der Waals surface area contributed by atoms with E-state index in [1.807, 2.05) is 0 Å². The molecule has 0 aliphatic carbocycles. The lowest BCUT2D eigenvalue weighted by molar-refractivity contribution is -0.133. The van der Waals surface area contributed by atoms with Gasteiger partial charge in [-0.05, 0) is 5.75 Å². The molecule has 0 aromatic carbocycles. The maximum absolute atomic E-state index is 10.1. The summed E-state index contributed by atoms with van der Waals surface area (Å²) in [6, 6.07) is 0. The highest BCUT2D eigenvalue weighted by Gasteiger charge is 2.14. The van der Waals surface area contributed by atoms with E-state index >= 15 is 0 Å². The summed E-state index contributed by atoms with van der Waals surface area (Å²) >= 11 is 1.39. The number of ether oxygens (including phenoxy) is 2. The normalized spacial score (nSPS) is 18.3. The Labute approximate surface area is 75.2 Å². The van der Waals surface area contributed by atoms with E-state index in [2.05, 4.69) is 0 Å². The van der Waals surface area contributed by atoms with Crippen molar-refractivity contribution < 1.29 is 19.4 Å². The van der Waals surface area contributed by atoms with E-state index in [1.165, 1.54) is 11.8 Å². The van der Waals surface area contributed by atoms with Crippen LogP contribution in [-0.2, 0) is 14.3 Å². The first kappa shape index (κ1) is 9.83. The minimum atomic E-state index is -0.770. The molecular weight excluding hydrogens is 180 g/mol. The van der Waals surface area contributed by atoms with Crippen molar-refractivity contribution in [2.45, 2.75) is 12.7 Å². The third-order valence-electron chi connectivity index (χ3n) is 1.41. The topological polar surface area (TPSA) is 55.8 Å². The molecule has 0 aromatic heterocycles. The molecule has 1 aliphatic rings. The largest absolute Gasteiger partial charge is 0.481 e.